The minimum absolute atomic E-state index is 0.636. The second-order valence-electron chi connectivity index (χ2n) is 3.83. The van der Waals surface area contributed by atoms with Crippen LogP contribution in [0, 0.1) is 4.64 Å². The number of nitrogens with zero attached hydrogens (tertiary/aromatic N) is 1. The predicted molar refractivity (Wildman–Crippen MR) is 72.4 cm³/mol. The first kappa shape index (κ1) is 10.2. The largest absolute Gasteiger partial charge is 0.346 e. The lowest BCUT2D eigenvalue weighted by Gasteiger charge is -2.03. The first-order chi connectivity index (χ1) is 8.34. The molecule has 2 aromatic carbocycles. The van der Waals surface area contributed by atoms with Crippen LogP contribution in [0.1, 0.15) is 0 Å². The van der Waals surface area contributed by atoms with Gasteiger partial charge in [-0.15, -0.1) is 0 Å². The number of aromatic amines is 1. The molecule has 2 nitrogen and oxygen atoms in total. The highest BCUT2D eigenvalue weighted by atomic mass is 32.1. The Hall–Kier alpha value is -2.00. The maximum atomic E-state index is 5.23. The highest BCUT2D eigenvalue weighted by Crippen LogP contribution is 2.23. The normalized spacial score (nSPS) is 10.6. The van der Waals surface area contributed by atoms with E-state index >= 15 is 0 Å². The molecule has 0 aliphatic heterocycles. The third-order valence-electron chi connectivity index (χ3n) is 2.76. The van der Waals surface area contributed by atoms with E-state index in [1.165, 1.54) is 5.56 Å². The minimum atomic E-state index is 0.636. The van der Waals surface area contributed by atoms with E-state index in [0.29, 0.717) is 4.64 Å². The standard InChI is InChI=1S/C14H10N2S/c17-14-12-8-11(10-4-2-1-3-5-10)6-7-13(12)15-9-16-14/h1-9H,(H,15,16,17). The third-order valence-corrected chi connectivity index (χ3v) is 3.08. The van der Waals surface area contributed by atoms with Crippen LogP contribution in [-0.2, 0) is 0 Å². The van der Waals surface area contributed by atoms with Crippen LogP contribution in [0.25, 0.3) is 22.0 Å². The van der Waals surface area contributed by atoms with Gasteiger partial charge in [-0.2, -0.15) is 0 Å². The lowest BCUT2D eigenvalue weighted by molar-refractivity contribution is 1.21. The Morgan fingerprint density at radius 2 is 1.76 bits per heavy atom. The number of hydrogen-bond donors (Lipinski definition) is 1. The van der Waals surface area contributed by atoms with Gasteiger partial charge < -0.3 is 4.98 Å². The van der Waals surface area contributed by atoms with Crippen molar-refractivity contribution < 1.29 is 0 Å². The van der Waals surface area contributed by atoms with Crippen LogP contribution in [0.3, 0.4) is 0 Å². The van der Waals surface area contributed by atoms with E-state index in [9.17, 15) is 0 Å². The average Bonchev–Trinajstić information content (AvgIpc) is 2.40. The highest BCUT2D eigenvalue weighted by molar-refractivity contribution is 7.71. The van der Waals surface area contributed by atoms with Gasteiger partial charge in [-0.25, -0.2) is 4.98 Å². The van der Waals surface area contributed by atoms with Crippen molar-refractivity contribution in [3.05, 3.63) is 59.5 Å². The van der Waals surface area contributed by atoms with Gasteiger partial charge in [0.05, 0.1) is 6.33 Å². The van der Waals surface area contributed by atoms with Crippen LogP contribution in [0.2, 0.25) is 0 Å². The molecule has 1 N–H and O–H groups in total. The Morgan fingerprint density at radius 1 is 0.941 bits per heavy atom. The van der Waals surface area contributed by atoms with Crippen molar-refractivity contribution in [1.82, 2.24) is 9.97 Å². The quantitative estimate of drug-likeness (QED) is 0.650. The van der Waals surface area contributed by atoms with Crippen molar-refractivity contribution in [2.75, 3.05) is 0 Å². The van der Waals surface area contributed by atoms with Crippen LogP contribution in [0.4, 0.5) is 0 Å². The average molecular weight is 238 g/mol. The molecule has 0 unspecified atom stereocenters. The molecule has 1 heterocycles. The number of H-pyrrole nitrogens is 1. The zero-order valence-electron chi connectivity index (χ0n) is 9.05. The van der Waals surface area contributed by atoms with Crippen molar-refractivity contribution in [3.8, 4) is 11.1 Å². The molecule has 0 amide bonds. The van der Waals surface area contributed by atoms with Gasteiger partial charge in [0.2, 0.25) is 0 Å². The summed E-state index contributed by atoms with van der Waals surface area (Å²) in [5.41, 5.74) is 3.36. The second-order valence-corrected chi connectivity index (χ2v) is 4.22. The fraction of sp³-hybridized carbons (Fsp3) is 0. The van der Waals surface area contributed by atoms with Gasteiger partial charge in [-0.05, 0) is 23.3 Å². The van der Waals surface area contributed by atoms with E-state index < -0.39 is 0 Å². The van der Waals surface area contributed by atoms with Gasteiger partial charge in [0.25, 0.3) is 0 Å². The molecule has 0 radical (unpaired) electrons. The number of benzene rings is 2. The summed E-state index contributed by atoms with van der Waals surface area (Å²) in [7, 11) is 0. The number of rotatable bonds is 1. The molecule has 3 rings (SSSR count). The Morgan fingerprint density at radius 3 is 2.59 bits per heavy atom. The molecule has 3 aromatic rings. The summed E-state index contributed by atoms with van der Waals surface area (Å²) in [6, 6.07) is 16.5. The molecule has 0 atom stereocenters. The number of nitrogens with one attached hydrogen (secondary N) is 1. The molecule has 1 aromatic heterocycles. The van der Waals surface area contributed by atoms with Crippen LogP contribution >= 0.6 is 12.2 Å². The van der Waals surface area contributed by atoms with Crippen LogP contribution in [0.5, 0.6) is 0 Å². The molecule has 0 aliphatic carbocycles. The van der Waals surface area contributed by atoms with E-state index in [1.807, 2.05) is 24.3 Å². The Balaban J connectivity index is 2.27. The fourth-order valence-corrected chi connectivity index (χ4v) is 2.11. The summed E-state index contributed by atoms with van der Waals surface area (Å²) < 4.78 is 0.636. The maximum Gasteiger partial charge on any atom is 0.137 e. The Bertz CT molecular complexity index is 717. The molecule has 0 spiro atoms. The predicted octanol–water partition coefficient (Wildman–Crippen LogP) is 3.96. The van der Waals surface area contributed by atoms with Crippen molar-refractivity contribution in [2.24, 2.45) is 0 Å². The molecule has 0 saturated heterocycles. The van der Waals surface area contributed by atoms with E-state index in [0.717, 1.165) is 16.5 Å². The molecule has 82 valence electrons. The SMILES string of the molecule is S=c1nc[nH]c2ccc(-c3ccccc3)cc12. The molecule has 17 heavy (non-hydrogen) atoms. The van der Waals surface area contributed by atoms with Gasteiger partial charge in [0.15, 0.2) is 0 Å². The molecule has 0 saturated carbocycles. The van der Waals surface area contributed by atoms with E-state index in [4.69, 9.17) is 12.2 Å². The summed E-state index contributed by atoms with van der Waals surface area (Å²) in [6.07, 6.45) is 1.63. The van der Waals surface area contributed by atoms with Crippen molar-refractivity contribution in [1.29, 1.82) is 0 Å². The highest BCUT2D eigenvalue weighted by Gasteiger charge is 2.00. The number of aromatic nitrogens is 2. The lowest BCUT2D eigenvalue weighted by atomic mass is 10.0. The van der Waals surface area contributed by atoms with Gasteiger partial charge in [-0.1, -0.05) is 48.6 Å². The summed E-state index contributed by atoms with van der Waals surface area (Å²) in [6.45, 7) is 0. The molecule has 0 fully saturated rings. The van der Waals surface area contributed by atoms with E-state index in [1.54, 1.807) is 6.33 Å². The first-order valence-corrected chi connectivity index (χ1v) is 5.78. The van der Waals surface area contributed by atoms with Crippen LogP contribution < -0.4 is 0 Å². The molecule has 0 bridgehead atoms. The minimum Gasteiger partial charge on any atom is -0.346 e. The third kappa shape index (κ3) is 1.85. The van der Waals surface area contributed by atoms with E-state index in [2.05, 4.69) is 34.2 Å². The van der Waals surface area contributed by atoms with Crippen LogP contribution in [-0.4, -0.2) is 9.97 Å². The zero-order valence-corrected chi connectivity index (χ0v) is 9.87. The maximum absolute atomic E-state index is 5.23. The summed E-state index contributed by atoms with van der Waals surface area (Å²) >= 11 is 5.23. The monoisotopic (exact) mass is 238 g/mol. The molecular weight excluding hydrogens is 228 g/mol. The fourth-order valence-electron chi connectivity index (χ4n) is 1.89. The molecule has 3 heteroatoms. The number of hydrogen-bond acceptors (Lipinski definition) is 2. The molecular formula is C14H10N2S. The van der Waals surface area contributed by atoms with Gasteiger partial charge in [0.1, 0.15) is 4.64 Å². The Kier molecular flexibility index (Phi) is 2.46. The summed E-state index contributed by atoms with van der Waals surface area (Å²) in [5.74, 6) is 0. The van der Waals surface area contributed by atoms with Gasteiger partial charge >= 0.3 is 0 Å². The van der Waals surface area contributed by atoms with Crippen LogP contribution in [0.15, 0.2) is 54.9 Å². The second kappa shape index (κ2) is 4.11. The van der Waals surface area contributed by atoms with E-state index in [-0.39, 0.29) is 0 Å². The smallest absolute Gasteiger partial charge is 0.137 e. The summed E-state index contributed by atoms with van der Waals surface area (Å²) in [5, 5.41) is 0.990. The number of fused-ring (bicyclic) bond motifs is 1. The summed E-state index contributed by atoms with van der Waals surface area (Å²) in [4.78, 5) is 7.19. The van der Waals surface area contributed by atoms with Crippen molar-refractivity contribution in [2.45, 2.75) is 0 Å². The van der Waals surface area contributed by atoms with Gasteiger partial charge in [0, 0.05) is 10.9 Å². The lowest BCUT2D eigenvalue weighted by Crippen LogP contribution is -1.84. The topological polar surface area (TPSA) is 28.7 Å². The van der Waals surface area contributed by atoms with Crippen molar-refractivity contribution in [3.63, 3.8) is 0 Å². The molecule has 0 aliphatic rings. The Labute approximate surface area is 104 Å². The van der Waals surface area contributed by atoms with Crippen molar-refractivity contribution >= 4 is 23.1 Å². The zero-order chi connectivity index (χ0) is 11.7. The van der Waals surface area contributed by atoms with Gasteiger partial charge in [-0.3, -0.25) is 0 Å². The first-order valence-electron chi connectivity index (χ1n) is 5.37.